The van der Waals surface area contributed by atoms with Crippen LogP contribution in [-0.4, -0.2) is 57.3 Å². The second-order valence-electron chi connectivity index (χ2n) is 7.07. The summed E-state index contributed by atoms with van der Waals surface area (Å²) in [6.07, 6.45) is 2.24. The van der Waals surface area contributed by atoms with Gasteiger partial charge in [0.05, 0.1) is 6.10 Å². The van der Waals surface area contributed by atoms with Gasteiger partial charge in [0.25, 0.3) is 5.91 Å². The van der Waals surface area contributed by atoms with Crippen LogP contribution in [0.4, 0.5) is 0 Å². The van der Waals surface area contributed by atoms with Gasteiger partial charge in [-0.05, 0) is 50.7 Å². The zero-order chi connectivity index (χ0) is 19.1. The fourth-order valence-corrected chi connectivity index (χ4v) is 3.08. The Morgan fingerprint density at radius 1 is 1.19 bits per heavy atom. The van der Waals surface area contributed by atoms with Gasteiger partial charge in [-0.15, -0.1) is 0 Å². The summed E-state index contributed by atoms with van der Waals surface area (Å²) in [6.45, 7) is 2.86. The number of benzene rings is 2. The van der Waals surface area contributed by atoms with Crippen LogP contribution in [0.5, 0.6) is 5.75 Å². The number of amides is 1. The predicted molar refractivity (Wildman–Crippen MR) is 107 cm³/mol. The molecule has 1 atom stereocenters. The van der Waals surface area contributed by atoms with Crippen molar-refractivity contribution in [2.45, 2.75) is 18.9 Å². The molecule has 2 aromatic carbocycles. The first-order valence-electron chi connectivity index (χ1n) is 9.50. The van der Waals surface area contributed by atoms with E-state index in [-0.39, 0.29) is 12.0 Å². The lowest BCUT2D eigenvalue weighted by Crippen LogP contribution is -2.31. The van der Waals surface area contributed by atoms with Gasteiger partial charge in [0.2, 0.25) is 0 Å². The lowest BCUT2D eigenvalue weighted by Gasteiger charge is -2.14. The van der Waals surface area contributed by atoms with Gasteiger partial charge < -0.3 is 19.7 Å². The van der Waals surface area contributed by atoms with Gasteiger partial charge in [0, 0.05) is 30.8 Å². The highest BCUT2D eigenvalue weighted by molar-refractivity contribution is 5.94. The highest BCUT2D eigenvalue weighted by atomic mass is 16.5. The minimum atomic E-state index is -0.0624. The Hall–Kier alpha value is -2.37. The monoisotopic (exact) mass is 368 g/mol. The smallest absolute Gasteiger partial charge is 0.251 e. The van der Waals surface area contributed by atoms with Crippen LogP contribution < -0.4 is 10.1 Å². The molecule has 1 aliphatic heterocycles. The van der Waals surface area contributed by atoms with Crippen molar-refractivity contribution in [1.29, 1.82) is 0 Å². The molecule has 1 aliphatic rings. The van der Waals surface area contributed by atoms with Crippen molar-refractivity contribution >= 4 is 5.91 Å². The standard InChI is InChI=1S/C22H28N2O3/c1-24(2)13-15-27-21-8-4-3-7-20(21)17-9-11-18(12-10-17)22(25)23-16-19-6-5-14-26-19/h3-4,7-12,19H,5-6,13-16H2,1-2H3,(H,23,25)/t19-/m1/s1. The van der Waals surface area contributed by atoms with Crippen LogP contribution in [0, 0.1) is 0 Å². The Labute approximate surface area is 161 Å². The van der Waals surface area contributed by atoms with E-state index in [2.05, 4.69) is 10.2 Å². The van der Waals surface area contributed by atoms with Crippen molar-refractivity contribution in [1.82, 2.24) is 10.2 Å². The van der Waals surface area contributed by atoms with Gasteiger partial charge in [-0.1, -0.05) is 30.3 Å². The third-order valence-corrected chi connectivity index (χ3v) is 4.66. The Morgan fingerprint density at radius 2 is 1.96 bits per heavy atom. The van der Waals surface area contributed by atoms with E-state index in [4.69, 9.17) is 9.47 Å². The molecular weight excluding hydrogens is 340 g/mol. The van der Waals surface area contributed by atoms with E-state index in [0.717, 1.165) is 42.9 Å². The zero-order valence-electron chi connectivity index (χ0n) is 16.1. The molecule has 0 aliphatic carbocycles. The van der Waals surface area contributed by atoms with E-state index in [0.29, 0.717) is 18.7 Å². The summed E-state index contributed by atoms with van der Waals surface area (Å²) in [6, 6.07) is 15.6. The molecule has 0 bridgehead atoms. The third kappa shape index (κ3) is 5.55. The Bertz CT molecular complexity index is 737. The molecule has 1 N–H and O–H groups in total. The predicted octanol–water partition coefficient (Wildman–Crippen LogP) is 3.20. The molecule has 1 amide bonds. The molecule has 144 valence electrons. The lowest BCUT2D eigenvalue weighted by atomic mass is 10.0. The zero-order valence-corrected chi connectivity index (χ0v) is 16.1. The fraction of sp³-hybridized carbons (Fsp3) is 0.409. The van der Waals surface area contributed by atoms with Crippen LogP contribution in [0.3, 0.4) is 0 Å². The minimum Gasteiger partial charge on any atom is -0.492 e. The van der Waals surface area contributed by atoms with Gasteiger partial charge >= 0.3 is 0 Å². The summed E-state index contributed by atoms with van der Waals surface area (Å²) in [7, 11) is 4.05. The molecule has 1 fully saturated rings. The van der Waals surface area contributed by atoms with Crippen LogP contribution in [-0.2, 0) is 4.74 Å². The highest BCUT2D eigenvalue weighted by Crippen LogP contribution is 2.30. The quantitative estimate of drug-likeness (QED) is 0.777. The highest BCUT2D eigenvalue weighted by Gasteiger charge is 2.16. The van der Waals surface area contributed by atoms with Crippen molar-refractivity contribution in [2.75, 3.05) is 40.4 Å². The summed E-state index contributed by atoms with van der Waals surface area (Å²) in [5.74, 6) is 0.794. The van der Waals surface area contributed by atoms with Gasteiger partial charge in [0.15, 0.2) is 0 Å². The molecule has 1 saturated heterocycles. The van der Waals surface area contributed by atoms with E-state index >= 15 is 0 Å². The average molecular weight is 368 g/mol. The molecular formula is C22H28N2O3. The summed E-state index contributed by atoms with van der Waals surface area (Å²) in [5, 5.41) is 2.96. The summed E-state index contributed by atoms with van der Waals surface area (Å²) < 4.78 is 11.5. The van der Waals surface area contributed by atoms with Crippen molar-refractivity contribution in [3.63, 3.8) is 0 Å². The maximum absolute atomic E-state index is 12.3. The van der Waals surface area contributed by atoms with Crippen molar-refractivity contribution in [3.8, 4) is 16.9 Å². The maximum atomic E-state index is 12.3. The number of hydrogen-bond acceptors (Lipinski definition) is 4. The number of nitrogens with zero attached hydrogens (tertiary/aromatic N) is 1. The topological polar surface area (TPSA) is 50.8 Å². The second-order valence-corrected chi connectivity index (χ2v) is 7.07. The molecule has 5 nitrogen and oxygen atoms in total. The van der Waals surface area contributed by atoms with Gasteiger partial charge in [0.1, 0.15) is 12.4 Å². The van der Waals surface area contributed by atoms with Gasteiger partial charge in [-0.2, -0.15) is 0 Å². The summed E-state index contributed by atoms with van der Waals surface area (Å²) in [5.41, 5.74) is 2.72. The van der Waals surface area contributed by atoms with Crippen LogP contribution in [0.1, 0.15) is 23.2 Å². The number of nitrogens with one attached hydrogen (secondary N) is 1. The normalized spacial score (nSPS) is 16.5. The molecule has 27 heavy (non-hydrogen) atoms. The SMILES string of the molecule is CN(C)CCOc1ccccc1-c1ccc(C(=O)NC[C@H]2CCCO2)cc1. The summed E-state index contributed by atoms with van der Waals surface area (Å²) >= 11 is 0. The van der Waals surface area contributed by atoms with E-state index in [1.165, 1.54) is 0 Å². The van der Waals surface area contributed by atoms with E-state index in [9.17, 15) is 4.79 Å². The van der Waals surface area contributed by atoms with Crippen LogP contribution in [0.15, 0.2) is 48.5 Å². The second kappa shape index (κ2) is 9.53. The molecule has 0 spiro atoms. The number of hydrogen-bond donors (Lipinski definition) is 1. The molecule has 0 radical (unpaired) electrons. The number of likely N-dealkylation sites (N-methyl/N-ethyl adjacent to an activating group) is 1. The van der Waals surface area contributed by atoms with Crippen molar-refractivity contribution in [2.24, 2.45) is 0 Å². The lowest BCUT2D eigenvalue weighted by molar-refractivity contribution is 0.0858. The molecule has 0 saturated carbocycles. The van der Waals surface area contributed by atoms with Crippen molar-refractivity contribution < 1.29 is 14.3 Å². The minimum absolute atomic E-state index is 0.0624. The Balaban J connectivity index is 1.63. The van der Waals surface area contributed by atoms with Crippen LogP contribution >= 0.6 is 0 Å². The maximum Gasteiger partial charge on any atom is 0.251 e. The molecule has 1 heterocycles. The Morgan fingerprint density at radius 3 is 2.67 bits per heavy atom. The molecule has 3 rings (SSSR count). The van der Waals surface area contributed by atoms with Gasteiger partial charge in [-0.25, -0.2) is 0 Å². The molecule has 2 aromatic rings. The van der Waals surface area contributed by atoms with Crippen LogP contribution in [0.2, 0.25) is 0 Å². The van der Waals surface area contributed by atoms with Gasteiger partial charge in [-0.3, -0.25) is 4.79 Å². The average Bonchev–Trinajstić information content (AvgIpc) is 3.20. The number of rotatable bonds is 8. The van der Waals surface area contributed by atoms with E-state index in [1.54, 1.807) is 0 Å². The largest absolute Gasteiger partial charge is 0.492 e. The molecule has 5 heteroatoms. The first-order chi connectivity index (χ1) is 13.1. The first-order valence-corrected chi connectivity index (χ1v) is 9.50. The van der Waals surface area contributed by atoms with Crippen LogP contribution in [0.25, 0.3) is 11.1 Å². The summed E-state index contributed by atoms with van der Waals surface area (Å²) in [4.78, 5) is 14.4. The van der Waals surface area contributed by atoms with Crippen molar-refractivity contribution in [3.05, 3.63) is 54.1 Å². The number of carbonyl (C=O) groups is 1. The first kappa shape index (κ1) is 19.4. The Kier molecular flexibility index (Phi) is 6.85. The fourth-order valence-electron chi connectivity index (χ4n) is 3.08. The molecule has 0 unspecified atom stereocenters. The number of para-hydroxylation sites is 1. The molecule has 0 aromatic heterocycles. The number of ether oxygens (including phenoxy) is 2. The van der Waals surface area contributed by atoms with E-state index in [1.807, 2.05) is 62.6 Å². The van der Waals surface area contributed by atoms with E-state index < -0.39 is 0 Å². The third-order valence-electron chi connectivity index (χ3n) is 4.66. The number of carbonyl (C=O) groups excluding carboxylic acids is 1.